The Kier molecular flexibility index (Phi) is 7.69. The van der Waals surface area contributed by atoms with Gasteiger partial charge in [-0.15, -0.1) is 0 Å². The number of halogens is 1. The number of hydrogen-bond acceptors (Lipinski definition) is 4. The van der Waals surface area contributed by atoms with Crippen molar-refractivity contribution in [2.75, 3.05) is 12.4 Å². The third kappa shape index (κ3) is 5.77. The highest BCUT2D eigenvalue weighted by molar-refractivity contribution is 9.10. The van der Waals surface area contributed by atoms with Gasteiger partial charge in [-0.2, -0.15) is 5.26 Å². The molecule has 0 aliphatic rings. The number of methoxy groups -OCH3 is 1. The minimum absolute atomic E-state index is 0.0261. The first-order chi connectivity index (χ1) is 15.4. The molecule has 0 fully saturated rings. The van der Waals surface area contributed by atoms with Gasteiger partial charge in [-0.1, -0.05) is 46.3 Å². The molecule has 0 unspecified atom stereocenters. The van der Waals surface area contributed by atoms with Gasteiger partial charge in [0.1, 0.15) is 29.7 Å². The normalized spacial score (nSPS) is 10.9. The molecule has 1 amide bonds. The van der Waals surface area contributed by atoms with E-state index in [1.807, 2.05) is 62.4 Å². The van der Waals surface area contributed by atoms with Crippen molar-refractivity contribution in [3.8, 4) is 17.6 Å². The van der Waals surface area contributed by atoms with Crippen molar-refractivity contribution in [3.05, 3.63) is 93.0 Å². The molecule has 3 rings (SSSR count). The minimum Gasteiger partial charge on any atom is -0.497 e. The first-order valence-electron chi connectivity index (χ1n) is 9.96. The number of anilines is 1. The van der Waals surface area contributed by atoms with Crippen LogP contribution in [0.3, 0.4) is 0 Å². The molecule has 0 bridgehead atoms. The lowest BCUT2D eigenvalue weighted by atomic mass is 10.1. The lowest BCUT2D eigenvalue weighted by Gasteiger charge is -2.13. The van der Waals surface area contributed by atoms with Gasteiger partial charge >= 0.3 is 0 Å². The Hall–Kier alpha value is -3.56. The lowest BCUT2D eigenvalue weighted by Crippen LogP contribution is -2.14. The van der Waals surface area contributed by atoms with Gasteiger partial charge in [0.05, 0.1) is 7.11 Å². The summed E-state index contributed by atoms with van der Waals surface area (Å²) >= 11 is 3.52. The zero-order chi connectivity index (χ0) is 23.1. The summed E-state index contributed by atoms with van der Waals surface area (Å²) in [5, 5.41) is 12.5. The van der Waals surface area contributed by atoms with Gasteiger partial charge in [0.2, 0.25) is 0 Å². The highest BCUT2D eigenvalue weighted by atomic mass is 79.9. The zero-order valence-corrected chi connectivity index (χ0v) is 19.7. The number of nitrogens with zero attached hydrogens (tertiary/aromatic N) is 1. The zero-order valence-electron chi connectivity index (χ0n) is 18.1. The highest BCUT2D eigenvalue weighted by Crippen LogP contribution is 2.29. The van der Waals surface area contributed by atoms with Crippen LogP contribution in [-0.4, -0.2) is 13.0 Å². The van der Waals surface area contributed by atoms with E-state index in [0.29, 0.717) is 29.4 Å². The topological polar surface area (TPSA) is 71.3 Å². The minimum atomic E-state index is -0.478. The van der Waals surface area contributed by atoms with Crippen LogP contribution in [0.25, 0.3) is 6.08 Å². The third-order valence-electron chi connectivity index (χ3n) is 4.87. The molecule has 1 N–H and O–H groups in total. The molecular weight excluding hydrogens is 468 g/mol. The molecule has 0 aliphatic carbocycles. The largest absolute Gasteiger partial charge is 0.497 e. The Bertz CT molecular complexity index is 1210. The predicted molar refractivity (Wildman–Crippen MR) is 130 cm³/mol. The van der Waals surface area contributed by atoms with Crippen LogP contribution in [0.15, 0.2) is 70.7 Å². The van der Waals surface area contributed by atoms with Crippen molar-refractivity contribution >= 4 is 33.6 Å². The molecule has 0 aliphatic heterocycles. The van der Waals surface area contributed by atoms with E-state index in [4.69, 9.17) is 9.47 Å². The maximum atomic E-state index is 12.8. The number of carbonyl (C=O) groups is 1. The number of nitrogens with one attached hydrogen (secondary N) is 1. The molecule has 6 heteroatoms. The Morgan fingerprint density at radius 3 is 2.62 bits per heavy atom. The summed E-state index contributed by atoms with van der Waals surface area (Å²) in [6.45, 7) is 4.16. The maximum absolute atomic E-state index is 12.8. The number of ether oxygens (including phenoxy) is 2. The predicted octanol–water partition coefficient (Wildman–Crippen LogP) is 6.20. The summed E-state index contributed by atoms with van der Waals surface area (Å²) < 4.78 is 12.3. The van der Waals surface area contributed by atoms with Gasteiger partial charge in [0.25, 0.3) is 5.91 Å². The summed E-state index contributed by atoms with van der Waals surface area (Å²) in [5.74, 6) is 0.642. The summed E-state index contributed by atoms with van der Waals surface area (Å²) in [6.07, 6.45) is 1.52. The van der Waals surface area contributed by atoms with Crippen LogP contribution in [0.1, 0.15) is 22.3 Å². The third-order valence-corrected chi connectivity index (χ3v) is 5.64. The fourth-order valence-electron chi connectivity index (χ4n) is 3.02. The van der Waals surface area contributed by atoms with Crippen molar-refractivity contribution in [2.24, 2.45) is 0 Å². The molecule has 0 saturated carbocycles. The van der Waals surface area contributed by atoms with Crippen LogP contribution in [0.4, 0.5) is 5.69 Å². The monoisotopic (exact) mass is 490 g/mol. The number of hydrogen-bond donors (Lipinski definition) is 1. The average Bonchev–Trinajstić information content (AvgIpc) is 2.79. The van der Waals surface area contributed by atoms with Crippen LogP contribution in [0, 0.1) is 25.2 Å². The second-order valence-electron chi connectivity index (χ2n) is 7.23. The van der Waals surface area contributed by atoms with Crippen molar-refractivity contribution in [1.82, 2.24) is 0 Å². The van der Waals surface area contributed by atoms with Crippen molar-refractivity contribution in [1.29, 1.82) is 5.26 Å². The quantitative estimate of drug-likeness (QED) is 0.316. The number of rotatable bonds is 7. The Labute approximate surface area is 196 Å². The van der Waals surface area contributed by atoms with Crippen LogP contribution < -0.4 is 14.8 Å². The molecule has 3 aromatic carbocycles. The van der Waals surface area contributed by atoms with Crippen LogP contribution in [-0.2, 0) is 11.4 Å². The molecule has 0 saturated heterocycles. The molecule has 32 heavy (non-hydrogen) atoms. The van der Waals surface area contributed by atoms with Gasteiger partial charge in [-0.3, -0.25) is 4.79 Å². The first kappa shape index (κ1) is 23.1. The van der Waals surface area contributed by atoms with Crippen LogP contribution in [0.2, 0.25) is 0 Å². The molecule has 162 valence electrons. The molecule has 0 spiro atoms. The molecule has 3 aromatic rings. The first-order valence-corrected chi connectivity index (χ1v) is 10.7. The summed E-state index contributed by atoms with van der Waals surface area (Å²) in [6, 6.07) is 20.8. The fraction of sp³-hybridized carbons (Fsp3) is 0.154. The summed E-state index contributed by atoms with van der Waals surface area (Å²) in [7, 11) is 1.57. The van der Waals surface area contributed by atoms with E-state index in [1.54, 1.807) is 25.3 Å². The molecule has 0 aromatic heterocycles. The van der Waals surface area contributed by atoms with E-state index in [-0.39, 0.29) is 5.57 Å². The molecule has 0 radical (unpaired) electrons. The Balaban J connectivity index is 1.89. The van der Waals surface area contributed by atoms with E-state index in [0.717, 1.165) is 21.2 Å². The van der Waals surface area contributed by atoms with Gasteiger partial charge in [0.15, 0.2) is 0 Å². The van der Waals surface area contributed by atoms with Gasteiger partial charge in [0, 0.05) is 27.4 Å². The van der Waals surface area contributed by atoms with Crippen molar-refractivity contribution in [2.45, 2.75) is 20.5 Å². The number of nitriles is 1. The number of amides is 1. The molecule has 0 atom stereocenters. The standard InChI is InChI=1S/C26H23BrN2O3/c1-17-8-9-18(2)24(12-17)29-26(30)21(15-28)13-19-10-11-22(31-3)14-25(19)32-16-20-6-4-5-7-23(20)27/h4-14H,16H2,1-3H3,(H,29,30)/b21-13+. The summed E-state index contributed by atoms with van der Waals surface area (Å²) in [4.78, 5) is 12.8. The molecule has 5 nitrogen and oxygen atoms in total. The fourth-order valence-corrected chi connectivity index (χ4v) is 3.42. The van der Waals surface area contributed by atoms with Crippen LogP contribution >= 0.6 is 15.9 Å². The Morgan fingerprint density at radius 1 is 1.12 bits per heavy atom. The Morgan fingerprint density at radius 2 is 1.91 bits per heavy atom. The molecule has 0 heterocycles. The maximum Gasteiger partial charge on any atom is 0.266 e. The van der Waals surface area contributed by atoms with Gasteiger partial charge < -0.3 is 14.8 Å². The van der Waals surface area contributed by atoms with E-state index in [2.05, 4.69) is 21.2 Å². The summed E-state index contributed by atoms with van der Waals surface area (Å²) in [5.41, 5.74) is 4.16. The highest BCUT2D eigenvalue weighted by Gasteiger charge is 2.14. The van der Waals surface area contributed by atoms with E-state index < -0.39 is 5.91 Å². The second kappa shape index (κ2) is 10.7. The smallest absolute Gasteiger partial charge is 0.266 e. The lowest BCUT2D eigenvalue weighted by molar-refractivity contribution is -0.112. The number of carbonyl (C=O) groups excluding carboxylic acids is 1. The van der Waals surface area contributed by atoms with Crippen LogP contribution in [0.5, 0.6) is 11.5 Å². The average molecular weight is 491 g/mol. The van der Waals surface area contributed by atoms with Crippen molar-refractivity contribution < 1.29 is 14.3 Å². The van der Waals surface area contributed by atoms with E-state index >= 15 is 0 Å². The second-order valence-corrected chi connectivity index (χ2v) is 8.08. The van der Waals surface area contributed by atoms with E-state index in [1.165, 1.54) is 6.08 Å². The SMILES string of the molecule is COc1ccc(/C=C(\C#N)C(=O)Nc2cc(C)ccc2C)c(OCc2ccccc2Br)c1. The number of benzene rings is 3. The molecular formula is C26H23BrN2O3. The van der Waals surface area contributed by atoms with Gasteiger partial charge in [-0.05, 0) is 55.3 Å². The van der Waals surface area contributed by atoms with Gasteiger partial charge in [-0.25, -0.2) is 0 Å². The van der Waals surface area contributed by atoms with Crippen molar-refractivity contribution in [3.63, 3.8) is 0 Å². The van der Waals surface area contributed by atoms with E-state index in [9.17, 15) is 10.1 Å². The number of aryl methyl sites for hydroxylation is 2.